The molecule has 1 aromatic rings. The number of nitrogens with two attached hydrogens (primary N) is 1. The van der Waals surface area contributed by atoms with E-state index in [0.717, 1.165) is 13.0 Å². The summed E-state index contributed by atoms with van der Waals surface area (Å²) in [7, 11) is 0. The zero-order chi connectivity index (χ0) is 9.68. The second kappa shape index (κ2) is 5.03. The van der Waals surface area contributed by atoms with Gasteiger partial charge in [0.05, 0.1) is 0 Å². The number of hydrogen-bond acceptors (Lipinski definition) is 1. The first-order valence-corrected chi connectivity index (χ1v) is 5.04. The van der Waals surface area contributed by atoms with E-state index < -0.39 is 0 Å². The lowest BCUT2D eigenvalue weighted by Crippen LogP contribution is -2.06. The van der Waals surface area contributed by atoms with Crippen LogP contribution in [0, 0.1) is 6.92 Å². The molecule has 1 aromatic carbocycles. The number of hydrogen-bond donors (Lipinski definition) is 1. The van der Waals surface area contributed by atoms with Gasteiger partial charge in [-0.2, -0.15) is 0 Å². The van der Waals surface area contributed by atoms with Crippen LogP contribution in [-0.4, -0.2) is 6.54 Å². The molecule has 0 aliphatic carbocycles. The Balaban J connectivity index is 2.78. The van der Waals surface area contributed by atoms with Gasteiger partial charge < -0.3 is 5.73 Å². The normalized spacial score (nSPS) is 12.8. The summed E-state index contributed by atoms with van der Waals surface area (Å²) in [6.45, 7) is 5.15. The van der Waals surface area contributed by atoms with E-state index in [-0.39, 0.29) is 0 Å². The summed E-state index contributed by atoms with van der Waals surface area (Å²) in [5, 5.41) is 0. The van der Waals surface area contributed by atoms with Gasteiger partial charge in [0.15, 0.2) is 0 Å². The molecule has 13 heavy (non-hydrogen) atoms. The fourth-order valence-corrected chi connectivity index (χ4v) is 1.73. The standard InChI is InChI=1S/C12H19N/c1-3-11(7-8-13)12-6-4-5-10(2)9-12/h4-6,9,11H,3,7-8,13H2,1-2H3. The summed E-state index contributed by atoms with van der Waals surface area (Å²) in [5.41, 5.74) is 8.36. The zero-order valence-corrected chi connectivity index (χ0v) is 8.59. The maximum absolute atomic E-state index is 5.58. The Bertz CT molecular complexity index is 255. The van der Waals surface area contributed by atoms with Gasteiger partial charge >= 0.3 is 0 Å². The topological polar surface area (TPSA) is 26.0 Å². The number of benzene rings is 1. The molecule has 0 heterocycles. The SMILES string of the molecule is CCC(CCN)c1cccc(C)c1. The highest BCUT2D eigenvalue weighted by Crippen LogP contribution is 2.22. The predicted molar refractivity (Wildman–Crippen MR) is 57.9 cm³/mol. The molecule has 0 fully saturated rings. The van der Waals surface area contributed by atoms with E-state index in [4.69, 9.17) is 5.73 Å². The van der Waals surface area contributed by atoms with Crippen LogP contribution in [0.25, 0.3) is 0 Å². The van der Waals surface area contributed by atoms with Crippen molar-refractivity contribution in [1.29, 1.82) is 0 Å². The second-order valence-electron chi connectivity index (χ2n) is 3.60. The van der Waals surface area contributed by atoms with Crippen molar-refractivity contribution in [3.8, 4) is 0 Å². The molecule has 0 amide bonds. The van der Waals surface area contributed by atoms with E-state index in [1.54, 1.807) is 0 Å². The van der Waals surface area contributed by atoms with Crippen LogP contribution in [-0.2, 0) is 0 Å². The van der Waals surface area contributed by atoms with Gasteiger partial charge in [-0.1, -0.05) is 36.8 Å². The van der Waals surface area contributed by atoms with Gasteiger partial charge in [-0.3, -0.25) is 0 Å². The van der Waals surface area contributed by atoms with Gasteiger partial charge in [0.1, 0.15) is 0 Å². The highest BCUT2D eigenvalue weighted by Gasteiger charge is 2.07. The van der Waals surface area contributed by atoms with E-state index >= 15 is 0 Å². The van der Waals surface area contributed by atoms with Crippen LogP contribution in [0.3, 0.4) is 0 Å². The van der Waals surface area contributed by atoms with Crippen molar-refractivity contribution in [1.82, 2.24) is 0 Å². The molecule has 0 spiro atoms. The summed E-state index contributed by atoms with van der Waals surface area (Å²) in [6, 6.07) is 8.74. The van der Waals surface area contributed by atoms with Gasteiger partial charge in [-0.05, 0) is 37.8 Å². The molecule has 0 aliphatic rings. The van der Waals surface area contributed by atoms with Crippen LogP contribution in [0.1, 0.15) is 36.8 Å². The van der Waals surface area contributed by atoms with Crippen molar-refractivity contribution in [3.05, 3.63) is 35.4 Å². The molecule has 1 rings (SSSR count). The Morgan fingerprint density at radius 1 is 1.38 bits per heavy atom. The molecule has 72 valence electrons. The molecule has 0 saturated heterocycles. The Morgan fingerprint density at radius 3 is 2.69 bits per heavy atom. The molecule has 0 saturated carbocycles. The maximum Gasteiger partial charge on any atom is -0.00714 e. The van der Waals surface area contributed by atoms with Gasteiger partial charge in [0, 0.05) is 0 Å². The average molecular weight is 177 g/mol. The van der Waals surface area contributed by atoms with Crippen molar-refractivity contribution in [2.24, 2.45) is 5.73 Å². The number of rotatable bonds is 4. The van der Waals surface area contributed by atoms with Gasteiger partial charge in [0.25, 0.3) is 0 Å². The van der Waals surface area contributed by atoms with Crippen molar-refractivity contribution in [2.75, 3.05) is 6.54 Å². The Morgan fingerprint density at radius 2 is 2.15 bits per heavy atom. The fraction of sp³-hybridized carbons (Fsp3) is 0.500. The lowest BCUT2D eigenvalue weighted by molar-refractivity contribution is 0.614. The molecular formula is C12H19N. The third-order valence-electron chi connectivity index (χ3n) is 2.52. The molecule has 2 N–H and O–H groups in total. The summed E-state index contributed by atoms with van der Waals surface area (Å²) in [5.74, 6) is 0.643. The van der Waals surface area contributed by atoms with Crippen LogP contribution in [0.2, 0.25) is 0 Å². The smallest absolute Gasteiger partial charge is 0.00714 e. The Kier molecular flexibility index (Phi) is 3.97. The van der Waals surface area contributed by atoms with Crippen LogP contribution in [0.5, 0.6) is 0 Å². The quantitative estimate of drug-likeness (QED) is 0.752. The number of aryl methyl sites for hydroxylation is 1. The van der Waals surface area contributed by atoms with Crippen molar-refractivity contribution >= 4 is 0 Å². The summed E-state index contributed by atoms with van der Waals surface area (Å²) >= 11 is 0. The van der Waals surface area contributed by atoms with E-state index in [1.807, 2.05) is 0 Å². The van der Waals surface area contributed by atoms with E-state index in [1.165, 1.54) is 17.5 Å². The van der Waals surface area contributed by atoms with Gasteiger partial charge in [-0.15, -0.1) is 0 Å². The first-order chi connectivity index (χ1) is 6.27. The third kappa shape index (κ3) is 2.85. The van der Waals surface area contributed by atoms with E-state index in [2.05, 4.69) is 38.1 Å². The van der Waals surface area contributed by atoms with Crippen molar-refractivity contribution in [2.45, 2.75) is 32.6 Å². The molecule has 0 radical (unpaired) electrons. The van der Waals surface area contributed by atoms with E-state index in [0.29, 0.717) is 5.92 Å². The van der Waals surface area contributed by atoms with Gasteiger partial charge in [-0.25, -0.2) is 0 Å². The first kappa shape index (κ1) is 10.3. The molecule has 1 heteroatoms. The third-order valence-corrected chi connectivity index (χ3v) is 2.52. The van der Waals surface area contributed by atoms with Crippen molar-refractivity contribution < 1.29 is 0 Å². The largest absolute Gasteiger partial charge is 0.330 e. The molecule has 0 aromatic heterocycles. The molecular weight excluding hydrogens is 158 g/mol. The minimum Gasteiger partial charge on any atom is -0.330 e. The molecule has 0 bridgehead atoms. The molecule has 1 atom stereocenters. The highest BCUT2D eigenvalue weighted by atomic mass is 14.5. The zero-order valence-electron chi connectivity index (χ0n) is 8.59. The maximum atomic E-state index is 5.58. The first-order valence-electron chi connectivity index (χ1n) is 5.04. The average Bonchev–Trinajstić information content (AvgIpc) is 2.14. The van der Waals surface area contributed by atoms with Crippen molar-refractivity contribution in [3.63, 3.8) is 0 Å². The minimum absolute atomic E-state index is 0.643. The van der Waals surface area contributed by atoms with Crippen LogP contribution >= 0.6 is 0 Å². The summed E-state index contributed by atoms with van der Waals surface area (Å²) in [4.78, 5) is 0. The second-order valence-corrected chi connectivity index (χ2v) is 3.60. The minimum atomic E-state index is 0.643. The lowest BCUT2D eigenvalue weighted by Gasteiger charge is -2.14. The van der Waals surface area contributed by atoms with E-state index in [9.17, 15) is 0 Å². The van der Waals surface area contributed by atoms with Crippen LogP contribution in [0.15, 0.2) is 24.3 Å². The van der Waals surface area contributed by atoms with Crippen LogP contribution in [0.4, 0.5) is 0 Å². The molecule has 1 nitrogen and oxygen atoms in total. The lowest BCUT2D eigenvalue weighted by atomic mass is 9.92. The fourth-order valence-electron chi connectivity index (χ4n) is 1.73. The summed E-state index contributed by atoms with van der Waals surface area (Å²) in [6.07, 6.45) is 2.28. The molecule has 1 unspecified atom stereocenters. The predicted octanol–water partition coefficient (Wildman–Crippen LogP) is 2.84. The van der Waals surface area contributed by atoms with Gasteiger partial charge in [0.2, 0.25) is 0 Å². The van der Waals surface area contributed by atoms with Crippen LogP contribution < -0.4 is 5.73 Å². The monoisotopic (exact) mass is 177 g/mol. The Hall–Kier alpha value is -0.820. The highest BCUT2D eigenvalue weighted by molar-refractivity contribution is 5.25. The Labute approximate surface area is 81.0 Å². The molecule has 0 aliphatic heterocycles. The summed E-state index contributed by atoms with van der Waals surface area (Å²) < 4.78 is 0.